The minimum absolute atomic E-state index is 0.0323. The Morgan fingerprint density at radius 2 is 1.76 bits per heavy atom. The fourth-order valence-corrected chi connectivity index (χ4v) is 5.37. The summed E-state index contributed by atoms with van der Waals surface area (Å²) in [4.78, 5) is 23.5. The van der Waals surface area contributed by atoms with Crippen LogP contribution >= 0.6 is 11.8 Å². The molecule has 4 aromatic rings. The van der Waals surface area contributed by atoms with Crippen LogP contribution in [0.25, 0.3) is 5.69 Å². The van der Waals surface area contributed by atoms with Crippen LogP contribution in [-0.2, 0) is 30.4 Å². The summed E-state index contributed by atoms with van der Waals surface area (Å²) in [5.41, 5.74) is 4.00. The highest BCUT2D eigenvalue weighted by atomic mass is 32.2. The molecule has 1 saturated heterocycles. The lowest BCUT2D eigenvalue weighted by molar-refractivity contribution is -0.245. The molecule has 0 aliphatic carbocycles. The van der Waals surface area contributed by atoms with Crippen molar-refractivity contribution in [3.8, 4) is 5.69 Å². The Morgan fingerprint density at radius 1 is 1.05 bits per heavy atom. The number of nitrogens with zero attached hydrogens (tertiary/aromatic N) is 4. The number of aliphatic hydroxyl groups is 1. The number of amides is 1. The van der Waals surface area contributed by atoms with Crippen LogP contribution in [0.1, 0.15) is 49.4 Å². The fourth-order valence-electron chi connectivity index (χ4n) is 4.46. The molecule has 1 aromatic heterocycles. The second-order valence-corrected chi connectivity index (χ2v) is 10.7. The second-order valence-electron chi connectivity index (χ2n) is 9.73. The van der Waals surface area contributed by atoms with Gasteiger partial charge in [-0.25, -0.2) is 0 Å². The quantitative estimate of drug-likeness (QED) is 0.202. The van der Waals surface area contributed by atoms with E-state index in [1.54, 1.807) is 16.8 Å². The summed E-state index contributed by atoms with van der Waals surface area (Å²) >= 11 is 1.50. The Morgan fingerprint density at radius 3 is 2.45 bits per heavy atom. The van der Waals surface area contributed by atoms with E-state index in [0.717, 1.165) is 22.4 Å². The van der Waals surface area contributed by atoms with Crippen LogP contribution in [-0.4, -0.2) is 55.2 Å². The first-order chi connectivity index (χ1) is 20.4. The van der Waals surface area contributed by atoms with Gasteiger partial charge < -0.3 is 24.6 Å². The molecule has 0 unspecified atom stereocenters. The summed E-state index contributed by atoms with van der Waals surface area (Å²) in [5, 5.41) is 25.1. The van der Waals surface area contributed by atoms with E-state index in [-0.39, 0.29) is 18.8 Å². The molecule has 0 spiro atoms. The topological polar surface area (TPSA) is 138 Å². The number of rotatable bonds is 10. The van der Waals surface area contributed by atoms with Crippen molar-refractivity contribution in [2.75, 3.05) is 11.1 Å². The zero-order valence-electron chi connectivity index (χ0n) is 23.1. The van der Waals surface area contributed by atoms with Crippen LogP contribution in [0, 0.1) is 0 Å². The first-order valence-electron chi connectivity index (χ1n) is 13.4. The van der Waals surface area contributed by atoms with Gasteiger partial charge in [0.1, 0.15) is 0 Å². The molecule has 0 saturated carbocycles. The summed E-state index contributed by atoms with van der Waals surface area (Å²) < 4.78 is 19.5. The number of carbonyl (C=O) groups is 2. The van der Waals surface area contributed by atoms with Gasteiger partial charge >= 0.3 is 5.97 Å². The molecule has 11 nitrogen and oxygen atoms in total. The van der Waals surface area contributed by atoms with Crippen molar-refractivity contribution in [2.24, 2.45) is 0 Å². The van der Waals surface area contributed by atoms with E-state index >= 15 is 0 Å². The van der Waals surface area contributed by atoms with Crippen molar-refractivity contribution in [3.05, 3.63) is 95.6 Å². The number of para-hydroxylation sites is 1. The summed E-state index contributed by atoms with van der Waals surface area (Å²) in [6, 6.07) is 24.5. The molecule has 1 amide bonds. The molecule has 12 heteroatoms. The second kappa shape index (κ2) is 13.7. The van der Waals surface area contributed by atoms with E-state index in [1.807, 2.05) is 66.7 Å². The minimum atomic E-state index is -0.911. The third-order valence-corrected chi connectivity index (χ3v) is 7.67. The van der Waals surface area contributed by atoms with Gasteiger partial charge in [0.15, 0.2) is 12.4 Å². The number of aromatic nitrogens is 4. The normalized spacial score (nSPS) is 19.2. The number of hydrogen-bond acceptors (Lipinski definition) is 10. The number of tetrazole rings is 1. The van der Waals surface area contributed by atoms with E-state index in [4.69, 9.17) is 14.2 Å². The SMILES string of the molecule is CC(=O)O[C@@H](C)C(=O)Nc1ccc([C@@H]2O[C@H](CSc3nnnn3-c3ccccc3)C[C@H](c3ccc(CO)cc3)O2)cc1. The predicted octanol–water partition coefficient (Wildman–Crippen LogP) is 4.38. The summed E-state index contributed by atoms with van der Waals surface area (Å²) in [6.07, 6.45) is -1.41. The Bertz CT molecular complexity index is 1480. The van der Waals surface area contributed by atoms with E-state index in [0.29, 0.717) is 23.0 Å². The van der Waals surface area contributed by atoms with Crippen LogP contribution in [0.2, 0.25) is 0 Å². The van der Waals surface area contributed by atoms with Crippen LogP contribution in [0.15, 0.2) is 84.0 Å². The molecular weight excluding hydrogens is 558 g/mol. The molecule has 218 valence electrons. The van der Waals surface area contributed by atoms with Gasteiger partial charge in [0.05, 0.1) is 24.5 Å². The number of aliphatic hydroxyl groups excluding tert-OH is 1. The van der Waals surface area contributed by atoms with Crippen LogP contribution in [0.4, 0.5) is 5.69 Å². The van der Waals surface area contributed by atoms with Crippen molar-refractivity contribution in [1.82, 2.24) is 20.2 Å². The molecule has 1 fully saturated rings. The molecule has 3 aromatic carbocycles. The lowest BCUT2D eigenvalue weighted by atomic mass is 10.0. The lowest BCUT2D eigenvalue weighted by Crippen LogP contribution is -2.31. The highest BCUT2D eigenvalue weighted by Crippen LogP contribution is 2.39. The highest BCUT2D eigenvalue weighted by Gasteiger charge is 2.32. The summed E-state index contributed by atoms with van der Waals surface area (Å²) in [7, 11) is 0. The zero-order valence-corrected chi connectivity index (χ0v) is 23.9. The fraction of sp³-hybridized carbons (Fsp3) is 0.300. The number of carbonyl (C=O) groups excluding carboxylic acids is 2. The van der Waals surface area contributed by atoms with Crippen molar-refractivity contribution in [1.29, 1.82) is 0 Å². The number of hydrogen-bond donors (Lipinski definition) is 2. The van der Waals surface area contributed by atoms with E-state index < -0.39 is 24.3 Å². The standard InChI is InChI=1S/C30H31N5O6S/c1-19(39-20(2)37)28(38)31-24-14-12-23(13-15-24)29-40-26(16-27(41-29)22-10-8-21(17-36)9-11-22)18-42-30-32-33-34-35(30)25-6-4-3-5-7-25/h3-15,19,26-27,29,36H,16-18H2,1-2H3,(H,31,38)/t19-,26-,27+,29+/m0/s1. The van der Waals surface area contributed by atoms with Crippen molar-refractivity contribution < 1.29 is 28.9 Å². The molecule has 0 radical (unpaired) electrons. The maximum Gasteiger partial charge on any atom is 0.303 e. The van der Waals surface area contributed by atoms with Crippen molar-refractivity contribution in [2.45, 2.75) is 56.6 Å². The number of benzene rings is 3. The molecule has 0 bridgehead atoms. The van der Waals surface area contributed by atoms with Gasteiger partial charge in [0, 0.05) is 30.3 Å². The van der Waals surface area contributed by atoms with Gasteiger partial charge in [-0.3, -0.25) is 9.59 Å². The van der Waals surface area contributed by atoms with Crippen LogP contribution in [0.5, 0.6) is 0 Å². The molecule has 5 rings (SSSR count). The molecule has 2 heterocycles. The van der Waals surface area contributed by atoms with Crippen LogP contribution in [0.3, 0.4) is 0 Å². The first-order valence-corrected chi connectivity index (χ1v) is 14.4. The molecule has 4 atom stereocenters. The van der Waals surface area contributed by atoms with E-state index in [1.165, 1.54) is 25.6 Å². The zero-order chi connectivity index (χ0) is 29.5. The monoisotopic (exact) mass is 589 g/mol. The Kier molecular flexibility index (Phi) is 9.59. The molecule has 2 N–H and O–H groups in total. The summed E-state index contributed by atoms with van der Waals surface area (Å²) in [5.74, 6) is -0.366. The average molecular weight is 590 g/mol. The molecule has 1 aliphatic heterocycles. The van der Waals surface area contributed by atoms with Gasteiger partial charge in [-0.2, -0.15) is 4.68 Å². The summed E-state index contributed by atoms with van der Waals surface area (Å²) in [6.45, 7) is 2.74. The molecule has 42 heavy (non-hydrogen) atoms. The minimum Gasteiger partial charge on any atom is -0.453 e. The number of nitrogens with one attached hydrogen (secondary N) is 1. The van der Waals surface area contributed by atoms with Crippen molar-refractivity contribution in [3.63, 3.8) is 0 Å². The molecular formula is C30H31N5O6S. The maximum atomic E-state index is 12.3. The van der Waals surface area contributed by atoms with Gasteiger partial charge in [0.25, 0.3) is 5.91 Å². The highest BCUT2D eigenvalue weighted by molar-refractivity contribution is 7.99. The third-order valence-electron chi connectivity index (χ3n) is 6.62. The number of anilines is 1. The lowest BCUT2D eigenvalue weighted by Gasteiger charge is -2.36. The van der Waals surface area contributed by atoms with Gasteiger partial charge in [0.2, 0.25) is 5.16 Å². The van der Waals surface area contributed by atoms with Crippen molar-refractivity contribution >= 4 is 29.3 Å². The van der Waals surface area contributed by atoms with Gasteiger partial charge in [-0.05, 0) is 52.7 Å². The van der Waals surface area contributed by atoms with Crippen LogP contribution < -0.4 is 5.32 Å². The predicted molar refractivity (Wildman–Crippen MR) is 155 cm³/mol. The molecule has 1 aliphatic rings. The third kappa shape index (κ3) is 7.39. The Hall–Kier alpha value is -4.10. The Balaban J connectivity index is 1.31. The number of esters is 1. The average Bonchev–Trinajstić information content (AvgIpc) is 3.49. The van der Waals surface area contributed by atoms with Gasteiger partial charge in [-0.1, -0.05) is 66.4 Å². The largest absolute Gasteiger partial charge is 0.453 e. The van der Waals surface area contributed by atoms with E-state index in [9.17, 15) is 14.7 Å². The smallest absolute Gasteiger partial charge is 0.303 e. The van der Waals surface area contributed by atoms with Gasteiger partial charge in [-0.15, -0.1) is 5.10 Å². The maximum absolute atomic E-state index is 12.3. The van der Waals surface area contributed by atoms with E-state index in [2.05, 4.69) is 20.8 Å². The Labute approximate surface area is 247 Å². The first kappa shape index (κ1) is 29.4. The number of thioether (sulfide) groups is 1. The number of ether oxygens (including phenoxy) is 3.